The van der Waals surface area contributed by atoms with Gasteiger partial charge in [-0.1, -0.05) is 23.8 Å². The summed E-state index contributed by atoms with van der Waals surface area (Å²) in [5, 5.41) is 14.1. The highest BCUT2D eigenvalue weighted by molar-refractivity contribution is 7.14. The zero-order valence-electron chi connectivity index (χ0n) is 15.4. The van der Waals surface area contributed by atoms with Gasteiger partial charge < -0.3 is 4.74 Å². The zero-order chi connectivity index (χ0) is 19.4. The topological polar surface area (TPSA) is 75.0 Å². The summed E-state index contributed by atoms with van der Waals surface area (Å²) in [5.74, 6) is 0.186. The van der Waals surface area contributed by atoms with Crippen molar-refractivity contribution >= 4 is 22.4 Å². The first kappa shape index (κ1) is 18.6. The Bertz CT molecular complexity index is 1010. The molecule has 1 heterocycles. The molecule has 1 amide bonds. The number of rotatable bonds is 5. The Balaban J connectivity index is 1.65. The van der Waals surface area contributed by atoms with Crippen LogP contribution < -0.4 is 10.1 Å². The lowest BCUT2D eigenvalue weighted by molar-refractivity contribution is -0.118. The number of amides is 1. The number of nitriles is 1. The standard InChI is InChI=1S/C21H19N3O2S/c1-13-7-14(2)20(15(3)8-13)18-12-27-21(23-18)24-19(25)11-26-17-6-4-5-16(9-17)10-22/h4-9,12H,11H2,1-3H3,(H,23,24,25). The Morgan fingerprint density at radius 1 is 1.22 bits per heavy atom. The van der Waals surface area contributed by atoms with Crippen LogP contribution in [0.25, 0.3) is 11.3 Å². The van der Waals surface area contributed by atoms with Gasteiger partial charge in [-0.15, -0.1) is 11.3 Å². The first-order valence-electron chi connectivity index (χ1n) is 8.43. The highest BCUT2D eigenvalue weighted by Crippen LogP contribution is 2.31. The van der Waals surface area contributed by atoms with Crippen LogP contribution in [0.3, 0.4) is 0 Å². The second-order valence-electron chi connectivity index (χ2n) is 6.29. The molecule has 0 spiro atoms. The summed E-state index contributed by atoms with van der Waals surface area (Å²) in [5.41, 5.74) is 5.99. The SMILES string of the molecule is Cc1cc(C)c(-c2csc(NC(=O)COc3cccc(C#N)c3)n2)c(C)c1. The van der Waals surface area contributed by atoms with Crippen LogP contribution >= 0.6 is 11.3 Å². The van der Waals surface area contributed by atoms with Crippen LogP contribution in [0.1, 0.15) is 22.3 Å². The molecule has 0 saturated heterocycles. The van der Waals surface area contributed by atoms with Gasteiger partial charge in [0, 0.05) is 10.9 Å². The summed E-state index contributed by atoms with van der Waals surface area (Å²) in [6.45, 7) is 6.06. The van der Waals surface area contributed by atoms with Gasteiger partial charge in [-0.3, -0.25) is 10.1 Å². The van der Waals surface area contributed by atoms with Crippen LogP contribution in [0.15, 0.2) is 41.8 Å². The molecule has 5 nitrogen and oxygen atoms in total. The van der Waals surface area contributed by atoms with E-state index in [1.165, 1.54) is 16.9 Å². The zero-order valence-corrected chi connectivity index (χ0v) is 16.2. The van der Waals surface area contributed by atoms with Crippen molar-refractivity contribution in [2.45, 2.75) is 20.8 Å². The molecule has 2 aromatic carbocycles. The second kappa shape index (κ2) is 8.02. The number of thiazole rings is 1. The highest BCUT2D eigenvalue weighted by atomic mass is 32.1. The minimum Gasteiger partial charge on any atom is -0.484 e. The molecule has 0 fully saturated rings. The third kappa shape index (κ3) is 4.52. The number of anilines is 1. The third-order valence-electron chi connectivity index (χ3n) is 4.02. The normalized spacial score (nSPS) is 10.3. The van der Waals surface area contributed by atoms with Gasteiger partial charge in [0.15, 0.2) is 11.7 Å². The van der Waals surface area contributed by atoms with Crippen molar-refractivity contribution in [1.82, 2.24) is 4.98 Å². The smallest absolute Gasteiger partial charge is 0.264 e. The molecule has 1 aromatic heterocycles. The highest BCUT2D eigenvalue weighted by Gasteiger charge is 2.12. The Kier molecular flexibility index (Phi) is 5.53. The van der Waals surface area contributed by atoms with E-state index in [-0.39, 0.29) is 12.5 Å². The largest absolute Gasteiger partial charge is 0.484 e. The molecule has 0 bridgehead atoms. The summed E-state index contributed by atoms with van der Waals surface area (Å²) < 4.78 is 5.44. The number of carbonyl (C=O) groups is 1. The lowest BCUT2D eigenvalue weighted by atomic mass is 9.98. The van der Waals surface area contributed by atoms with Crippen molar-refractivity contribution < 1.29 is 9.53 Å². The predicted molar refractivity (Wildman–Crippen MR) is 107 cm³/mol. The average Bonchev–Trinajstić information content (AvgIpc) is 3.07. The van der Waals surface area contributed by atoms with Crippen molar-refractivity contribution in [3.63, 3.8) is 0 Å². The van der Waals surface area contributed by atoms with Crippen LogP contribution in [-0.2, 0) is 4.79 Å². The van der Waals surface area contributed by atoms with Crippen molar-refractivity contribution in [1.29, 1.82) is 5.26 Å². The Morgan fingerprint density at radius 3 is 2.67 bits per heavy atom. The maximum Gasteiger partial charge on any atom is 0.264 e. The predicted octanol–water partition coefficient (Wildman–Crippen LogP) is 4.62. The molecule has 0 aliphatic rings. The fraction of sp³-hybridized carbons (Fsp3) is 0.190. The number of hydrogen-bond donors (Lipinski definition) is 1. The molecule has 27 heavy (non-hydrogen) atoms. The minimum atomic E-state index is -0.296. The minimum absolute atomic E-state index is 0.146. The summed E-state index contributed by atoms with van der Waals surface area (Å²) in [6, 6.07) is 13.0. The first-order chi connectivity index (χ1) is 13.0. The fourth-order valence-corrected chi connectivity index (χ4v) is 3.71. The van der Waals surface area contributed by atoms with Gasteiger partial charge in [0.2, 0.25) is 0 Å². The molecule has 0 radical (unpaired) electrons. The first-order valence-corrected chi connectivity index (χ1v) is 9.31. The van der Waals surface area contributed by atoms with Crippen molar-refractivity contribution in [3.05, 3.63) is 64.0 Å². The van der Waals surface area contributed by atoms with E-state index < -0.39 is 0 Å². The maximum absolute atomic E-state index is 12.1. The Hall–Kier alpha value is -3.17. The molecule has 0 saturated carbocycles. The van der Waals surface area contributed by atoms with Gasteiger partial charge in [-0.25, -0.2) is 4.98 Å². The van der Waals surface area contributed by atoms with Crippen LogP contribution in [0, 0.1) is 32.1 Å². The van der Waals surface area contributed by atoms with Crippen molar-refractivity contribution in [3.8, 4) is 23.1 Å². The summed E-state index contributed by atoms with van der Waals surface area (Å²) in [7, 11) is 0. The fourth-order valence-electron chi connectivity index (χ4n) is 2.99. The van der Waals surface area contributed by atoms with Gasteiger partial charge in [-0.2, -0.15) is 5.26 Å². The number of nitrogens with zero attached hydrogens (tertiary/aromatic N) is 2. The molecule has 0 atom stereocenters. The van der Waals surface area contributed by atoms with E-state index in [1.54, 1.807) is 24.3 Å². The lowest BCUT2D eigenvalue weighted by Crippen LogP contribution is -2.20. The van der Waals surface area contributed by atoms with E-state index in [1.807, 2.05) is 11.4 Å². The second-order valence-corrected chi connectivity index (χ2v) is 7.15. The van der Waals surface area contributed by atoms with Gasteiger partial charge in [-0.05, 0) is 50.1 Å². The van der Waals surface area contributed by atoms with E-state index in [2.05, 4.69) is 43.2 Å². The van der Waals surface area contributed by atoms with Gasteiger partial charge >= 0.3 is 0 Å². The Morgan fingerprint density at radius 2 is 1.96 bits per heavy atom. The molecule has 3 rings (SSSR count). The summed E-state index contributed by atoms with van der Waals surface area (Å²) in [4.78, 5) is 16.7. The molecule has 1 N–H and O–H groups in total. The molecular formula is C21H19N3O2S. The van der Waals surface area contributed by atoms with Gasteiger partial charge in [0.1, 0.15) is 5.75 Å². The molecular weight excluding hydrogens is 358 g/mol. The number of benzene rings is 2. The van der Waals surface area contributed by atoms with Crippen molar-refractivity contribution in [2.75, 3.05) is 11.9 Å². The number of aryl methyl sites for hydroxylation is 3. The number of hydrogen-bond acceptors (Lipinski definition) is 5. The molecule has 0 unspecified atom stereocenters. The van der Waals surface area contributed by atoms with E-state index in [0.29, 0.717) is 16.4 Å². The molecule has 3 aromatic rings. The van der Waals surface area contributed by atoms with Gasteiger partial charge in [0.05, 0.1) is 17.3 Å². The van der Waals surface area contributed by atoms with E-state index >= 15 is 0 Å². The van der Waals surface area contributed by atoms with Crippen LogP contribution in [0.5, 0.6) is 5.75 Å². The van der Waals surface area contributed by atoms with Gasteiger partial charge in [0.25, 0.3) is 5.91 Å². The maximum atomic E-state index is 12.1. The number of ether oxygens (including phenoxy) is 1. The quantitative estimate of drug-likeness (QED) is 0.704. The molecule has 136 valence electrons. The van der Waals surface area contributed by atoms with E-state index in [4.69, 9.17) is 10.00 Å². The molecule has 0 aliphatic carbocycles. The third-order valence-corrected chi connectivity index (χ3v) is 4.77. The van der Waals surface area contributed by atoms with Crippen LogP contribution in [0.2, 0.25) is 0 Å². The van der Waals surface area contributed by atoms with E-state index in [9.17, 15) is 4.79 Å². The summed E-state index contributed by atoms with van der Waals surface area (Å²) >= 11 is 1.38. The summed E-state index contributed by atoms with van der Waals surface area (Å²) in [6.07, 6.45) is 0. The van der Waals surface area contributed by atoms with Crippen LogP contribution in [-0.4, -0.2) is 17.5 Å². The van der Waals surface area contributed by atoms with Crippen LogP contribution in [0.4, 0.5) is 5.13 Å². The number of carbonyl (C=O) groups excluding carboxylic acids is 1. The molecule has 0 aliphatic heterocycles. The number of nitrogens with one attached hydrogen (secondary N) is 1. The monoisotopic (exact) mass is 377 g/mol. The Labute approximate surface area is 162 Å². The van der Waals surface area contributed by atoms with E-state index in [0.717, 1.165) is 22.4 Å². The lowest BCUT2D eigenvalue weighted by Gasteiger charge is -2.09. The number of aromatic nitrogens is 1. The average molecular weight is 377 g/mol. The molecule has 6 heteroatoms. The van der Waals surface area contributed by atoms with Crippen molar-refractivity contribution in [2.24, 2.45) is 0 Å².